The van der Waals surface area contributed by atoms with E-state index in [9.17, 15) is 9.90 Å². The van der Waals surface area contributed by atoms with Gasteiger partial charge in [0.25, 0.3) is 0 Å². The lowest BCUT2D eigenvalue weighted by atomic mass is 9.93. The van der Waals surface area contributed by atoms with E-state index in [0.29, 0.717) is 5.56 Å². The van der Waals surface area contributed by atoms with Crippen molar-refractivity contribution in [3.05, 3.63) is 48.0 Å². The zero-order valence-electron chi connectivity index (χ0n) is 9.51. The van der Waals surface area contributed by atoms with E-state index in [-0.39, 0.29) is 0 Å². The van der Waals surface area contributed by atoms with Crippen molar-refractivity contribution in [3.8, 4) is 0 Å². The van der Waals surface area contributed by atoms with Crippen LogP contribution in [-0.2, 0) is 15.1 Å². The molecule has 1 unspecified atom stereocenters. The highest BCUT2D eigenvalue weighted by atomic mass is 16.5. The standard InChI is InChI=1S/C13H16O3/c1-3-4-10-13(15,12(14)16-2)11-8-6-5-7-9-11/h4-10,15H,3H2,1-2H3/b10-4+. The van der Waals surface area contributed by atoms with Gasteiger partial charge in [-0.2, -0.15) is 0 Å². The molecule has 1 aromatic rings. The van der Waals surface area contributed by atoms with Gasteiger partial charge in [0.2, 0.25) is 5.60 Å². The molecule has 0 spiro atoms. The van der Waals surface area contributed by atoms with Gasteiger partial charge in [-0.25, -0.2) is 4.79 Å². The fourth-order valence-corrected chi connectivity index (χ4v) is 1.42. The molecule has 0 aliphatic rings. The quantitative estimate of drug-likeness (QED) is 0.623. The van der Waals surface area contributed by atoms with Gasteiger partial charge in [0.05, 0.1) is 7.11 Å². The molecular weight excluding hydrogens is 204 g/mol. The molecule has 1 N–H and O–H groups in total. The van der Waals surface area contributed by atoms with Crippen LogP contribution in [0.3, 0.4) is 0 Å². The summed E-state index contributed by atoms with van der Waals surface area (Å²) < 4.78 is 4.63. The second-order valence-corrected chi connectivity index (χ2v) is 3.43. The molecule has 0 bridgehead atoms. The average Bonchev–Trinajstić information content (AvgIpc) is 2.36. The number of ether oxygens (including phenoxy) is 1. The van der Waals surface area contributed by atoms with Crippen LogP contribution in [0.2, 0.25) is 0 Å². The van der Waals surface area contributed by atoms with Crippen molar-refractivity contribution in [2.75, 3.05) is 7.11 Å². The first-order valence-electron chi connectivity index (χ1n) is 5.19. The van der Waals surface area contributed by atoms with E-state index in [1.165, 1.54) is 13.2 Å². The monoisotopic (exact) mass is 220 g/mol. The Morgan fingerprint density at radius 2 is 2.06 bits per heavy atom. The minimum atomic E-state index is -1.69. The smallest absolute Gasteiger partial charge is 0.346 e. The van der Waals surface area contributed by atoms with Gasteiger partial charge in [-0.15, -0.1) is 0 Å². The number of rotatable bonds is 4. The summed E-state index contributed by atoms with van der Waals surface area (Å²) in [6, 6.07) is 8.74. The minimum Gasteiger partial charge on any atom is -0.466 e. The van der Waals surface area contributed by atoms with Crippen LogP contribution >= 0.6 is 0 Å². The highest BCUT2D eigenvalue weighted by Gasteiger charge is 2.36. The van der Waals surface area contributed by atoms with Gasteiger partial charge in [0.15, 0.2) is 0 Å². The van der Waals surface area contributed by atoms with Gasteiger partial charge in [-0.3, -0.25) is 0 Å². The first kappa shape index (κ1) is 12.5. The number of esters is 1. The summed E-state index contributed by atoms with van der Waals surface area (Å²) >= 11 is 0. The fraction of sp³-hybridized carbons (Fsp3) is 0.308. The molecule has 0 saturated carbocycles. The number of hydrogen-bond acceptors (Lipinski definition) is 3. The van der Waals surface area contributed by atoms with Crippen LogP contribution in [-0.4, -0.2) is 18.2 Å². The van der Waals surface area contributed by atoms with Crippen molar-refractivity contribution in [2.45, 2.75) is 18.9 Å². The van der Waals surface area contributed by atoms with Crippen molar-refractivity contribution in [1.82, 2.24) is 0 Å². The van der Waals surface area contributed by atoms with Gasteiger partial charge >= 0.3 is 5.97 Å². The van der Waals surface area contributed by atoms with Gasteiger partial charge in [0.1, 0.15) is 0 Å². The maximum atomic E-state index is 11.6. The lowest BCUT2D eigenvalue weighted by molar-refractivity contribution is -0.158. The fourth-order valence-electron chi connectivity index (χ4n) is 1.42. The molecule has 0 saturated heterocycles. The zero-order chi connectivity index (χ0) is 12.0. The molecule has 0 fully saturated rings. The normalized spacial score (nSPS) is 14.7. The van der Waals surface area contributed by atoms with Crippen LogP contribution in [0.1, 0.15) is 18.9 Å². The van der Waals surface area contributed by atoms with Crippen LogP contribution < -0.4 is 0 Å². The summed E-state index contributed by atoms with van der Waals surface area (Å²) in [7, 11) is 1.26. The number of carbonyl (C=O) groups excluding carboxylic acids is 1. The Morgan fingerprint density at radius 3 is 2.56 bits per heavy atom. The Kier molecular flexibility index (Phi) is 4.26. The molecule has 0 heterocycles. The number of aliphatic hydroxyl groups is 1. The molecule has 1 rings (SSSR count). The second-order valence-electron chi connectivity index (χ2n) is 3.43. The van der Waals surface area contributed by atoms with E-state index in [1.807, 2.05) is 13.0 Å². The van der Waals surface area contributed by atoms with Gasteiger partial charge < -0.3 is 9.84 Å². The van der Waals surface area contributed by atoms with E-state index < -0.39 is 11.6 Å². The summed E-state index contributed by atoms with van der Waals surface area (Å²) in [5.41, 5.74) is -1.18. The Hall–Kier alpha value is -1.61. The maximum absolute atomic E-state index is 11.6. The summed E-state index contributed by atoms with van der Waals surface area (Å²) in [6.07, 6.45) is 3.95. The topological polar surface area (TPSA) is 46.5 Å². The SMILES string of the molecule is CC/C=C/C(O)(C(=O)OC)c1ccccc1. The van der Waals surface area contributed by atoms with Crippen molar-refractivity contribution < 1.29 is 14.6 Å². The van der Waals surface area contributed by atoms with E-state index in [2.05, 4.69) is 4.74 Å². The Balaban J connectivity index is 3.15. The summed E-state index contributed by atoms with van der Waals surface area (Å²) in [6.45, 7) is 1.93. The molecular formula is C13H16O3. The number of carbonyl (C=O) groups is 1. The van der Waals surface area contributed by atoms with Crippen LogP contribution in [0.15, 0.2) is 42.5 Å². The molecule has 3 nitrogen and oxygen atoms in total. The number of hydrogen-bond donors (Lipinski definition) is 1. The Bertz CT molecular complexity index is 370. The van der Waals surface area contributed by atoms with Crippen LogP contribution in [0.5, 0.6) is 0 Å². The number of methoxy groups -OCH3 is 1. The van der Waals surface area contributed by atoms with Crippen molar-refractivity contribution in [2.24, 2.45) is 0 Å². The predicted octanol–water partition coefficient (Wildman–Crippen LogP) is 2.01. The molecule has 0 radical (unpaired) electrons. The minimum absolute atomic E-state index is 0.506. The molecule has 1 aromatic carbocycles. The molecule has 0 aliphatic carbocycles. The predicted molar refractivity (Wildman–Crippen MR) is 61.8 cm³/mol. The first-order valence-corrected chi connectivity index (χ1v) is 5.19. The molecule has 16 heavy (non-hydrogen) atoms. The molecule has 0 amide bonds. The lowest BCUT2D eigenvalue weighted by Gasteiger charge is -2.21. The van der Waals surface area contributed by atoms with Gasteiger partial charge in [-0.05, 0) is 18.1 Å². The van der Waals surface area contributed by atoms with E-state index >= 15 is 0 Å². The maximum Gasteiger partial charge on any atom is 0.346 e. The summed E-state index contributed by atoms with van der Waals surface area (Å²) in [4.78, 5) is 11.6. The largest absolute Gasteiger partial charge is 0.466 e. The highest BCUT2D eigenvalue weighted by Crippen LogP contribution is 2.24. The molecule has 0 aliphatic heterocycles. The highest BCUT2D eigenvalue weighted by molar-refractivity contribution is 5.83. The first-order chi connectivity index (χ1) is 7.65. The third kappa shape index (κ3) is 2.49. The molecule has 0 aromatic heterocycles. The van der Waals surface area contributed by atoms with E-state index in [4.69, 9.17) is 0 Å². The van der Waals surface area contributed by atoms with Crippen molar-refractivity contribution in [1.29, 1.82) is 0 Å². The average molecular weight is 220 g/mol. The summed E-state index contributed by atoms with van der Waals surface area (Å²) in [5.74, 6) is -0.677. The molecule has 1 atom stereocenters. The second kappa shape index (κ2) is 5.47. The van der Waals surface area contributed by atoms with E-state index in [0.717, 1.165) is 6.42 Å². The molecule has 3 heteroatoms. The van der Waals surface area contributed by atoms with Crippen LogP contribution in [0, 0.1) is 0 Å². The van der Waals surface area contributed by atoms with Crippen LogP contribution in [0.25, 0.3) is 0 Å². The van der Waals surface area contributed by atoms with E-state index in [1.54, 1.807) is 30.3 Å². The van der Waals surface area contributed by atoms with Crippen molar-refractivity contribution >= 4 is 5.97 Å². The van der Waals surface area contributed by atoms with Gasteiger partial charge in [0, 0.05) is 0 Å². The van der Waals surface area contributed by atoms with Crippen LogP contribution in [0.4, 0.5) is 0 Å². The van der Waals surface area contributed by atoms with Gasteiger partial charge in [-0.1, -0.05) is 43.3 Å². The lowest BCUT2D eigenvalue weighted by Crippen LogP contribution is -2.34. The Morgan fingerprint density at radius 1 is 1.44 bits per heavy atom. The third-order valence-corrected chi connectivity index (χ3v) is 2.31. The summed E-state index contributed by atoms with van der Waals surface area (Å²) in [5, 5.41) is 10.3. The molecule has 86 valence electrons. The Labute approximate surface area is 95.4 Å². The number of allylic oxidation sites excluding steroid dienone is 1. The zero-order valence-corrected chi connectivity index (χ0v) is 9.51. The van der Waals surface area contributed by atoms with Crippen molar-refractivity contribution in [3.63, 3.8) is 0 Å². The number of benzene rings is 1. The third-order valence-electron chi connectivity index (χ3n) is 2.31.